The number of carbonyl (C=O) groups is 4. The predicted molar refractivity (Wildman–Crippen MR) is 96.7 cm³/mol. The molecule has 0 saturated heterocycles. The molecule has 0 spiro atoms. The van der Waals surface area contributed by atoms with Crippen molar-refractivity contribution in [2.75, 3.05) is 13.2 Å². The SMILES string of the molecule is C[C@@H]1CCCC[C@@H]1NC(=O)COC(=O)CN1C(=O)Cc2ccccc2C1=O. The number of esters is 1. The monoisotopic (exact) mass is 372 g/mol. The fourth-order valence-corrected chi connectivity index (χ4v) is 3.66. The summed E-state index contributed by atoms with van der Waals surface area (Å²) in [5.41, 5.74) is 1.06. The molecule has 1 N–H and O–H groups in total. The Labute approximate surface area is 158 Å². The number of nitrogens with zero attached hydrogens (tertiary/aromatic N) is 1. The van der Waals surface area contributed by atoms with Crippen LogP contribution in [0.4, 0.5) is 0 Å². The number of hydrogen-bond acceptors (Lipinski definition) is 5. The second kappa shape index (κ2) is 8.33. The molecular formula is C20H24N2O5. The predicted octanol–water partition coefficient (Wildman–Crippen LogP) is 1.45. The van der Waals surface area contributed by atoms with Gasteiger partial charge in [0.1, 0.15) is 6.54 Å². The van der Waals surface area contributed by atoms with Crippen molar-refractivity contribution < 1.29 is 23.9 Å². The maximum atomic E-state index is 12.4. The summed E-state index contributed by atoms with van der Waals surface area (Å²) in [5, 5.41) is 2.89. The van der Waals surface area contributed by atoms with E-state index in [4.69, 9.17) is 4.74 Å². The molecule has 0 unspecified atom stereocenters. The lowest BCUT2D eigenvalue weighted by molar-refractivity contribution is -0.151. The summed E-state index contributed by atoms with van der Waals surface area (Å²) < 4.78 is 4.97. The van der Waals surface area contributed by atoms with Gasteiger partial charge in [-0.2, -0.15) is 0 Å². The first-order valence-corrected chi connectivity index (χ1v) is 9.33. The van der Waals surface area contributed by atoms with Crippen LogP contribution in [0.15, 0.2) is 24.3 Å². The molecule has 7 nitrogen and oxygen atoms in total. The highest BCUT2D eigenvalue weighted by molar-refractivity contribution is 6.11. The fourth-order valence-electron chi connectivity index (χ4n) is 3.66. The van der Waals surface area contributed by atoms with E-state index in [2.05, 4.69) is 12.2 Å². The summed E-state index contributed by atoms with van der Waals surface area (Å²) in [6, 6.07) is 6.92. The van der Waals surface area contributed by atoms with Crippen LogP contribution in [-0.2, 0) is 25.5 Å². The van der Waals surface area contributed by atoms with Gasteiger partial charge in [-0.1, -0.05) is 38.0 Å². The van der Waals surface area contributed by atoms with Crippen LogP contribution < -0.4 is 5.32 Å². The normalized spacial score (nSPS) is 22.2. The second-order valence-electron chi connectivity index (χ2n) is 7.22. The molecule has 27 heavy (non-hydrogen) atoms. The summed E-state index contributed by atoms with van der Waals surface area (Å²) in [5.74, 6) is -1.69. The average Bonchev–Trinajstić information content (AvgIpc) is 2.65. The molecule has 7 heteroatoms. The van der Waals surface area contributed by atoms with E-state index in [0.29, 0.717) is 17.0 Å². The van der Waals surface area contributed by atoms with E-state index in [9.17, 15) is 19.2 Å². The van der Waals surface area contributed by atoms with Crippen molar-refractivity contribution in [3.8, 4) is 0 Å². The number of carbonyl (C=O) groups excluding carboxylic acids is 4. The third-order valence-corrected chi connectivity index (χ3v) is 5.24. The van der Waals surface area contributed by atoms with Crippen molar-refractivity contribution >= 4 is 23.7 Å². The number of amides is 3. The molecule has 2 atom stereocenters. The highest BCUT2D eigenvalue weighted by Gasteiger charge is 2.32. The summed E-state index contributed by atoms with van der Waals surface area (Å²) in [4.78, 5) is 49.5. The highest BCUT2D eigenvalue weighted by atomic mass is 16.5. The van der Waals surface area contributed by atoms with Crippen LogP contribution in [0.5, 0.6) is 0 Å². The maximum absolute atomic E-state index is 12.4. The summed E-state index contributed by atoms with van der Waals surface area (Å²) >= 11 is 0. The van der Waals surface area contributed by atoms with Crippen LogP contribution in [0.25, 0.3) is 0 Å². The van der Waals surface area contributed by atoms with E-state index < -0.39 is 30.9 Å². The van der Waals surface area contributed by atoms with Crippen molar-refractivity contribution in [2.45, 2.75) is 45.1 Å². The zero-order chi connectivity index (χ0) is 19.4. The first-order chi connectivity index (χ1) is 13.0. The van der Waals surface area contributed by atoms with Gasteiger partial charge in [-0.05, 0) is 30.4 Å². The highest BCUT2D eigenvalue weighted by Crippen LogP contribution is 2.23. The smallest absolute Gasteiger partial charge is 0.326 e. The van der Waals surface area contributed by atoms with Crippen LogP contribution >= 0.6 is 0 Å². The third kappa shape index (κ3) is 4.53. The number of ether oxygens (including phenoxy) is 1. The largest absolute Gasteiger partial charge is 0.454 e. The van der Waals surface area contributed by atoms with E-state index in [0.717, 1.165) is 24.2 Å². The Balaban J connectivity index is 1.50. The van der Waals surface area contributed by atoms with Crippen molar-refractivity contribution in [1.29, 1.82) is 0 Å². The zero-order valence-corrected chi connectivity index (χ0v) is 15.4. The van der Waals surface area contributed by atoms with Crippen molar-refractivity contribution in [2.24, 2.45) is 5.92 Å². The molecule has 0 aromatic heterocycles. The lowest BCUT2D eigenvalue weighted by Gasteiger charge is -2.29. The number of rotatable bonds is 5. The van der Waals surface area contributed by atoms with Gasteiger partial charge >= 0.3 is 5.97 Å². The summed E-state index contributed by atoms with van der Waals surface area (Å²) in [6.45, 7) is 1.20. The maximum Gasteiger partial charge on any atom is 0.326 e. The van der Waals surface area contributed by atoms with Gasteiger partial charge in [-0.3, -0.25) is 24.1 Å². The zero-order valence-electron chi connectivity index (χ0n) is 15.4. The lowest BCUT2D eigenvalue weighted by atomic mass is 9.86. The van der Waals surface area contributed by atoms with Crippen LogP contribution in [0.1, 0.15) is 48.5 Å². The summed E-state index contributed by atoms with van der Waals surface area (Å²) in [7, 11) is 0. The molecule has 3 amide bonds. The standard InChI is InChI=1S/C20H24N2O5/c1-13-6-2-5-9-16(13)21-17(23)12-27-19(25)11-22-18(24)10-14-7-3-4-8-15(14)20(22)26/h3-4,7-8,13,16H,2,5-6,9-12H2,1H3,(H,21,23)/t13-,16+/m1/s1. The van der Waals surface area contributed by atoms with Gasteiger partial charge < -0.3 is 10.1 Å². The Morgan fingerprint density at radius 2 is 1.93 bits per heavy atom. The molecule has 144 valence electrons. The number of hydrogen-bond donors (Lipinski definition) is 1. The third-order valence-electron chi connectivity index (χ3n) is 5.24. The molecular weight excluding hydrogens is 348 g/mol. The Morgan fingerprint density at radius 1 is 1.19 bits per heavy atom. The minimum atomic E-state index is -0.775. The van der Waals surface area contributed by atoms with Gasteiger partial charge in [0.2, 0.25) is 5.91 Å². The molecule has 1 heterocycles. The van der Waals surface area contributed by atoms with Crippen LogP contribution in [-0.4, -0.2) is 47.8 Å². The minimum absolute atomic E-state index is 0.0647. The van der Waals surface area contributed by atoms with Gasteiger partial charge in [0.05, 0.1) is 6.42 Å². The second-order valence-corrected chi connectivity index (χ2v) is 7.22. The van der Waals surface area contributed by atoms with E-state index in [-0.39, 0.29) is 18.4 Å². The molecule has 1 aromatic carbocycles. The quantitative estimate of drug-likeness (QED) is 0.624. The van der Waals surface area contributed by atoms with Crippen molar-refractivity contribution in [3.05, 3.63) is 35.4 Å². The first kappa shape index (κ1) is 19.1. The van der Waals surface area contributed by atoms with Gasteiger partial charge in [0.15, 0.2) is 6.61 Å². The molecule has 1 aliphatic heterocycles. The number of benzene rings is 1. The lowest BCUT2D eigenvalue weighted by Crippen LogP contribution is -2.46. The molecule has 0 radical (unpaired) electrons. The van der Waals surface area contributed by atoms with Crippen molar-refractivity contribution in [1.82, 2.24) is 10.2 Å². The summed E-state index contributed by atoms with van der Waals surface area (Å²) in [6.07, 6.45) is 4.32. The average molecular weight is 372 g/mol. The van der Waals surface area contributed by atoms with Gasteiger partial charge in [0.25, 0.3) is 11.8 Å². The van der Waals surface area contributed by atoms with Crippen LogP contribution in [0.2, 0.25) is 0 Å². The molecule has 1 aromatic rings. The van der Waals surface area contributed by atoms with Crippen LogP contribution in [0, 0.1) is 5.92 Å². The van der Waals surface area contributed by atoms with Gasteiger partial charge in [0, 0.05) is 11.6 Å². The molecule has 2 aliphatic rings. The first-order valence-electron chi connectivity index (χ1n) is 9.33. The van der Waals surface area contributed by atoms with Gasteiger partial charge in [-0.15, -0.1) is 0 Å². The van der Waals surface area contributed by atoms with Crippen LogP contribution in [0.3, 0.4) is 0 Å². The Bertz CT molecular complexity index is 760. The number of fused-ring (bicyclic) bond motifs is 1. The van der Waals surface area contributed by atoms with Gasteiger partial charge in [-0.25, -0.2) is 0 Å². The fraction of sp³-hybridized carbons (Fsp3) is 0.500. The molecule has 3 rings (SSSR count). The Kier molecular flexibility index (Phi) is 5.88. The van der Waals surface area contributed by atoms with E-state index in [1.807, 2.05) is 0 Å². The Hall–Kier alpha value is -2.70. The van der Waals surface area contributed by atoms with Crippen molar-refractivity contribution in [3.63, 3.8) is 0 Å². The van der Waals surface area contributed by atoms with E-state index in [1.165, 1.54) is 6.42 Å². The number of nitrogens with one attached hydrogen (secondary N) is 1. The Morgan fingerprint density at radius 3 is 2.70 bits per heavy atom. The number of imide groups is 1. The molecule has 0 bridgehead atoms. The molecule has 1 aliphatic carbocycles. The minimum Gasteiger partial charge on any atom is -0.454 e. The van der Waals surface area contributed by atoms with E-state index in [1.54, 1.807) is 24.3 Å². The van der Waals surface area contributed by atoms with E-state index >= 15 is 0 Å². The topological polar surface area (TPSA) is 92.8 Å². The molecule has 1 fully saturated rings. The molecule has 1 saturated carbocycles.